The molecule has 0 saturated carbocycles. The summed E-state index contributed by atoms with van der Waals surface area (Å²) in [6.45, 7) is 7.72. The Morgan fingerprint density at radius 1 is 1.12 bits per heavy atom. The predicted octanol–water partition coefficient (Wildman–Crippen LogP) is 4.97. The van der Waals surface area contributed by atoms with E-state index in [9.17, 15) is 19.5 Å². The lowest BCUT2D eigenvalue weighted by Crippen LogP contribution is -2.30. The Hall–Kier alpha value is -3.61. The second kappa shape index (κ2) is 10.5. The van der Waals surface area contributed by atoms with E-state index in [-0.39, 0.29) is 17.3 Å². The highest BCUT2D eigenvalue weighted by Gasteiger charge is 2.45. The molecule has 1 atom stereocenters. The molecule has 0 bridgehead atoms. The monoisotopic (exact) mass is 465 g/mol. The molecule has 3 rings (SSSR count). The number of methoxy groups -OCH3 is 1. The Bertz CT molecular complexity index is 1120. The first kappa shape index (κ1) is 25.0. The van der Waals surface area contributed by atoms with Gasteiger partial charge >= 0.3 is 5.97 Å². The lowest BCUT2D eigenvalue weighted by Gasteiger charge is -2.25. The summed E-state index contributed by atoms with van der Waals surface area (Å²) >= 11 is 0. The SMILES string of the molecule is CCCCN1C(=O)C(=O)/C(=C(\O)c2ccc(OC)c(C(C)C)c2)C1c1ccc(OC(C)=O)cc1. The van der Waals surface area contributed by atoms with E-state index in [0.717, 1.165) is 18.4 Å². The van der Waals surface area contributed by atoms with E-state index < -0.39 is 23.7 Å². The summed E-state index contributed by atoms with van der Waals surface area (Å²) in [6.07, 6.45) is 1.56. The first-order valence-corrected chi connectivity index (χ1v) is 11.4. The lowest BCUT2D eigenvalue weighted by atomic mass is 9.93. The number of carbonyl (C=O) groups excluding carboxylic acids is 3. The van der Waals surface area contributed by atoms with Gasteiger partial charge in [-0.05, 0) is 53.8 Å². The van der Waals surface area contributed by atoms with Crippen molar-refractivity contribution in [1.82, 2.24) is 4.90 Å². The summed E-state index contributed by atoms with van der Waals surface area (Å²) in [5.74, 6) is -0.852. The van der Waals surface area contributed by atoms with E-state index in [0.29, 0.717) is 29.2 Å². The van der Waals surface area contributed by atoms with Gasteiger partial charge in [-0.25, -0.2) is 0 Å². The van der Waals surface area contributed by atoms with Crippen molar-refractivity contribution >= 4 is 23.4 Å². The lowest BCUT2D eigenvalue weighted by molar-refractivity contribution is -0.139. The minimum Gasteiger partial charge on any atom is -0.507 e. The molecule has 1 unspecified atom stereocenters. The molecule has 1 fully saturated rings. The van der Waals surface area contributed by atoms with Gasteiger partial charge in [-0.2, -0.15) is 0 Å². The van der Waals surface area contributed by atoms with Gasteiger partial charge in [0.05, 0.1) is 18.7 Å². The Balaban J connectivity index is 2.15. The number of ether oxygens (including phenoxy) is 2. The Morgan fingerprint density at radius 3 is 2.35 bits per heavy atom. The van der Waals surface area contributed by atoms with Gasteiger partial charge in [-0.3, -0.25) is 14.4 Å². The average molecular weight is 466 g/mol. The van der Waals surface area contributed by atoms with Gasteiger partial charge < -0.3 is 19.5 Å². The molecule has 0 radical (unpaired) electrons. The number of benzene rings is 2. The third-order valence-electron chi connectivity index (χ3n) is 5.88. The number of aliphatic hydroxyl groups excluding tert-OH is 1. The zero-order valence-electron chi connectivity index (χ0n) is 20.3. The van der Waals surface area contributed by atoms with Gasteiger partial charge in [0.2, 0.25) is 0 Å². The summed E-state index contributed by atoms with van der Waals surface area (Å²) in [5, 5.41) is 11.3. The van der Waals surface area contributed by atoms with Crippen molar-refractivity contribution in [2.45, 2.75) is 52.5 Å². The molecule has 1 saturated heterocycles. The molecule has 0 aromatic heterocycles. The molecule has 1 heterocycles. The highest BCUT2D eigenvalue weighted by Crippen LogP contribution is 2.41. The highest BCUT2D eigenvalue weighted by molar-refractivity contribution is 6.46. The van der Waals surface area contributed by atoms with E-state index in [2.05, 4.69) is 0 Å². The van der Waals surface area contributed by atoms with Crippen LogP contribution in [0.5, 0.6) is 11.5 Å². The van der Waals surface area contributed by atoms with Crippen LogP contribution in [-0.2, 0) is 14.4 Å². The summed E-state index contributed by atoms with van der Waals surface area (Å²) in [7, 11) is 1.58. The van der Waals surface area contributed by atoms with Crippen LogP contribution in [0.15, 0.2) is 48.0 Å². The van der Waals surface area contributed by atoms with Crippen molar-refractivity contribution in [3.05, 3.63) is 64.7 Å². The number of Topliss-reactive ketones (excluding diaryl/α,β-unsaturated/α-hetero) is 1. The topological polar surface area (TPSA) is 93.1 Å². The van der Waals surface area contributed by atoms with Gasteiger partial charge in [0, 0.05) is 19.0 Å². The molecular formula is C27H31NO6. The quantitative estimate of drug-likeness (QED) is 0.195. The normalized spacial score (nSPS) is 17.4. The zero-order chi connectivity index (χ0) is 25.0. The van der Waals surface area contributed by atoms with Gasteiger partial charge in [0.1, 0.15) is 17.3 Å². The van der Waals surface area contributed by atoms with Crippen LogP contribution in [0.3, 0.4) is 0 Å². The van der Waals surface area contributed by atoms with Gasteiger partial charge in [-0.15, -0.1) is 0 Å². The summed E-state index contributed by atoms with van der Waals surface area (Å²) in [5.41, 5.74) is 2.01. The third-order valence-corrected chi connectivity index (χ3v) is 5.88. The number of hydrogen-bond acceptors (Lipinski definition) is 6. The Morgan fingerprint density at radius 2 is 1.79 bits per heavy atom. The molecule has 7 heteroatoms. The molecule has 2 aromatic rings. The van der Waals surface area contributed by atoms with Crippen molar-refractivity contribution in [2.24, 2.45) is 0 Å². The Labute approximate surface area is 200 Å². The molecule has 1 aliphatic heterocycles. The first-order valence-electron chi connectivity index (χ1n) is 11.4. The molecule has 1 N–H and O–H groups in total. The van der Waals surface area contributed by atoms with Crippen molar-refractivity contribution in [3.63, 3.8) is 0 Å². The molecule has 34 heavy (non-hydrogen) atoms. The average Bonchev–Trinajstić information content (AvgIpc) is 3.06. The van der Waals surface area contributed by atoms with E-state index in [1.165, 1.54) is 11.8 Å². The van der Waals surface area contributed by atoms with E-state index in [1.54, 1.807) is 49.6 Å². The van der Waals surface area contributed by atoms with E-state index >= 15 is 0 Å². The number of rotatable bonds is 8. The van der Waals surface area contributed by atoms with Crippen LogP contribution >= 0.6 is 0 Å². The molecule has 0 aliphatic carbocycles. The fraction of sp³-hybridized carbons (Fsp3) is 0.370. The third kappa shape index (κ3) is 4.98. The number of hydrogen-bond donors (Lipinski definition) is 1. The molecule has 1 amide bonds. The van der Waals surface area contributed by atoms with Crippen LogP contribution in [0.1, 0.15) is 69.2 Å². The van der Waals surface area contributed by atoms with Crippen molar-refractivity contribution in [3.8, 4) is 11.5 Å². The minimum atomic E-state index is -0.748. The van der Waals surface area contributed by atoms with Crippen LogP contribution in [0.25, 0.3) is 5.76 Å². The molecule has 2 aromatic carbocycles. The predicted molar refractivity (Wildman–Crippen MR) is 129 cm³/mol. The highest BCUT2D eigenvalue weighted by atomic mass is 16.5. The van der Waals surface area contributed by atoms with Gasteiger partial charge in [0.15, 0.2) is 0 Å². The van der Waals surface area contributed by atoms with E-state index in [1.807, 2.05) is 20.8 Å². The molecular weight excluding hydrogens is 434 g/mol. The van der Waals surface area contributed by atoms with Crippen LogP contribution in [0, 0.1) is 0 Å². The van der Waals surface area contributed by atoms with Crippen LogP contribution < -0.4 is 9.47 Å². The molecule has 1 aliphatic rings. The summed E-state index contributed by atoms with van der Waals surface area (Å²) in [4.78, 5) is 38.9. The summed E-state index contributed by atoms with van der Waals surface area (Å²) in [6, 6.07) is 11.1. The van der Waals surface area contributed by atoms with E-state index in [4.69, 9.17) is 9.47 Å². The number of likely N-dealkylation sites (tertiary alicyclic amines) is 1. The number of nitrogens with zero attached hydrogens (tertiary/aromatic N) is 1. The fourth-order valence-corrected chi connectivity index (χ4v) is 4.16. The molecule has 0 spiro atoms. The number of carbonyl (C=O) groups is 3. The second-order valence-corrected chi connectivity index (χ2v) is 8.62. The summed E-state index contributed by atoms with van der Waals surface area (Å²) < 4.78 is 10.5. The smallest absolute Gasteiger partial charge is 0.308 e. The number of amides is 1. The van der Waals surface area contributed by atoms with Crippen molar-refractivity contribution in [1.29, 1.82) is 0 Å². The van der Waals surface area contributed by atoms with Gasteiger partial charge in [-0.1, -0.05) is 39.3 Å². The van der Waals surface area contributed by atoms with Crippen LogP contribution in [-0.4, -0.2) is 41.3 Å². The molecule has 7 nitrogen and oxygen atoms in total. The molecule has 180 valence electrons. The maximum atomic E-state index is 13.1. The standard InChI is InChI=1S/C27H31NO6/c1-6-7-14-28-24(18-8-11-20(12-9-18)34-17(4)29)23(26(31)27(28)32)25(30)19-10-13-22(33-5)21(15-19)16(2)3/h8-13,15-16,24,30H,6-7,14H2,1-5H3/b25-23-. The fourth-order valence-electron chi connectivity index (χ4n) is 4.16. The largest absolute Gasteiger partial charge is 0.507 e. The number of esters is 1. The zero-order valence-corrected chi connectivity index (χ0v) is 20.3. The number of unbranched alkanes of at least 4 members (excludes halogenated alkanes) is 1. The maximum absolute atomic E-state index is 13.1. The second-order valence-electron chi connectivity index (χ2n) is 8.62. The Kier molecular flexibility index (Phi) is 7.76. The van der Waals surface area contributed by atoms with Crippen molar-refractivity contribution < 1.29 is 29.0 Å². The van der Waals surface area contributed by atoms with Crippen LogP contribution in [0.2, 0.25) is 0 Å². The van der Waals surface area contributed by atoms with Gasteiger partial charge in [0.25, 0.3) is 11.7 Å². The van der Waals surface area contributed by atoms with Crippen LogP contribution in [0.4, 0.5) is 0 Å². The maximum Gasteiger partial charge on any atom is 0.308 e. The number of ketones is 1. The van der Waals surface area contributed by atoms with Crippen molar-refractivity contribution in [2.75, 3.05) is 13.7 Å². The minimum absolute atomic E-state index is 0.0428. The first-order chi connectivity index (χ1) is 16.2. The number of aliphatic hydroxyl groups is 1.